The van der Waals surface area contributed by atoms with Gasteiger partial charge in [0.1, 0.15) is 34.7 Å². The van der Waals surface area contributed by atoms with Crippen LogP contribution >= 0.6 is 0 Å². The minimum Gasteiger partial charge on any atom is -0.508 e. The summed E-state index contributed by atoms with van der Waals surface area (Å²) < 4.78 is 22.3. The Labute approximate surface area is 209 Å². The molecule has 0 aromatic heterocycles. The fourth-order valence-corrected chi connectivity index (χ4v) is 5.09. The first-order valence-electron chi connectivity index (χ1n) is 11.5. The van der Waals surface area contributed by atoms with E-state index in [0.29, 0.717) is 16.9 Å². The van der Waals surface area contributed by atoms with Crippen molar-refractivity contribution >= 4 is 5.97 Å². The van der Waals surface area contributed by atoms with Crippen LogP contribution in [0.4, 0.5) is 0 Å². The third kappa shape index (κ3) is 4.12. The number of rotatable bonds is 7. The van der Waals surface area contributed by atoms with Gasteiger partial charge < -0.3 is 34.3 Å². The largest absolute Gasteiger partial charge is 0.508 e. The van der Waals surface area contributed by atoms with E-state index < -0.39 is 29.2 Å². The first-order chi connectivity index (χ1) is 17.2. The van der Waals surface area contributed by atoms with Crippen LogP contribution in [0, 0.1) is 0 Å². The number of esters is 1. The molecule has 0 fully saturated rings. The molecule has 4 atom stereocenters. The van der Waals surface area contributed by atoms with Gasteiger partial charge in [-0.3, -0.25) is 4.79 Å². The maximum atomic E-state index is 12.7. The molecule has 0 bridgehead atoms. The third-order valence-corrected chi connectivity index (χ3v) is 6.85. The van der Waals surface area contributed by atoms with Crippen LogP contribution in [-0.4, -0.2) is 48.7 Å². The van der Waals surface area contributed by atoms with Gasteiger partial charge in [-0.2, -0.15) is 0 Å². The van der Waals surface area contributed by atoms with Gasteiger partial charge in [0.25, 0.3) is 0 Å². The summed E-state index contributed by atoms with van der Waals surface area (Å²) in [5, 5.41) is 34.2. The summed E-state index contributed by atoms with van der Waals surface area (Å²) in [6.07, 6.45) is -1.75. The maximum absolute atomic E-state index is 12.7. The average molecular weight is 495 g/mol. The number of aliphatic hydroxyl groups is 2. The lowest BCUT2D eigenvalue weighted by molar-refractivity contribution is -0.195. The van der Waals surface area contributed by atoms with E-state index in [9.17, 15) is 20.1 Å². The van der Waals surface area contributed by atoms with Crippen molar-refractivity contribution < 1.29 is 39.1 Å². The molecular formula is C28H30O8. The van der Waals surface area contributed by atoms with Gasteiger partial charge in [0.2, 0.25) is 0 Å². The fourth-order valence-electron chi connectivity index (χ4n) is 5.09. The molecule has 0 amide bonds. The number of aromatic hydroxyl groups is 1. The summed E-state index contributed by atoms with van der Waals surface area (Å²) in [5.41, 5.74) is -2.23. The average Bonchev–Trinajstić information content (AvgIpc) is 2.89. The van der Waals surface area contributed by atoms with Gasteiger partial charge in [0.15, 0.2) is 5.60 Å². The molecule has 0 aliphatic carbocycles. The second-order valence-corrected chi connectivity index (χ2v) is 8.94. The standard InChI is InChI=1S/C28H30O8/c1-27(32)25-22(34-3)14-19(29)15-23(25)36-28(26(27)31,18-10-12-20(33-2)13-11-18)21(16-24(30)35-4)17-8-6-5-7-9-17/h5-15,21,26,29,31-32H,16H2,1-4H3/t21?,26?,27-,28+/m1/s1. The quantitative estimate of drug-likeness (QED) is 0.427. The number of carbonyl (C=O) groups is 1. The summed E-state index contributed by atoms with van der Waals surface area (Å²) in [6, 6.07) is 18.7. The van der Waals surface area contributed by atoms with E-state index >= 15 is 0 Å². The summed E-state index contributed by atoms with van der Waals surface area (Å²) in [4.78, 5) is 12.7. The van der Waals surface area contributed by atoms with Crippen molar-refractivity contribution in [2.75, 3.05) is 21.3 Å². The van der Waals surface area contributed by atoms with Gasteiger partial charge in [-0.25, -0.2) is 0 Å². The zero-order valence-corrected chi connectivity index (χ0v) is 20.6. The third-order valence-electron chi connectivity index (χ3n) is 6.85. The smallest absolute Gasteiger partial charge is 0.306 e. The maximum Gasteiger partial charge on any atom is 0.306 e. The van der Waals surface area contributed by atoms with Crippen LogP contribution in [0.15, 0.2) is 66.7 Å². The van der Waals surface area contributed by atoms with Gasteiger partial charge in [-0.05, 0) is 30.2 Å². The Hall–Kier alpha value is -3.75. The van der Waals surface area contributed by atoms with Crippen LogP contribution in [0.25, 0.3) is 0 Å². The number of hydrogen-bond acceptors (Lipinski definition) is 8. The monoisotopic (exact) mass is 494 g/mol. The van der Waals surface area contributed by atoms with Gasteiger partial charge >= 0.3 is 5.97 Å². The molecule has 190 valence electrons. The molecule has 0 saturated carbocycles. The molecule has 1 aliphatic rings. The van der Waals surface area contributed by atoms with E-state index in [2.05, 4.69) is 0 Å². The van der Waals surface area contributed by atoms with Crippen molar-refractivity contribution in [3.63, 3.8) is 0 Å². The first kappa shape index (κ1) is 25.3. The van der Waals surface area contributed by atoms with E-state index in [-0.39, 0.29) is 29.2 Å². The van der Waals surface area contributed by atoms with Crippen molar-refractivity contribution in [2.24, 2.45) is 0 Å². The van der Waals surface area contributed by atoms with Crippen LogP contribution in [0.5, 0.6) is 23.0 Å². The minimum atomic E-state index is -1.91. The SMILES string of the molecule is COC(=O)CC(c1ccccc1)[C@]1(c2ccc(OC)cc2)Oc2cc(O)cc(OC)c2[C@@](C)(O)C1O. The van der Waals surface area contributed by atoms with Crippen LogP contribution in [0.3, 0.4) is 0 Å². The number of phenolic OH excluding ortho intramolecular Hbond substituents is 1. The minimum absolute atomic E-state index is 0.115. The number of benzene rings is 3. The number of hydrogen-bond donors (Lipinski definition) is 3. The second-order valence-electron chi connectivity index (χ2n) is 8.94. The number of carbonyl (C=O) groups excluding carboxylic acids is 1. The molecule has 0 radical (unpaired) electrons. The van der Waals surface area contributed by atoms with Crippen LogP contribution in [0.1, 0.15) is 36.0 Å². The molecule has 3 aromatic rings. The Morgan fingerprint density at radius 2 is 1.69 bits per heavy atom. The summed E-state index contributed by atoms with van der Waals surface area (Å²) >= 11 is 0. The molecule has 0 saturated heterocycles. The molecule has 2 unspecified atom stereocenters. The van der Waals surface area contributed by atoms with Crippen molar-refractivity contribution in [2.45, 2.75) is 36.6 Å². The predicted molar refractivity (Wildman–Crippen MR) is 131 cm³/mol. The molecule has 1 heterocycles. The van der Waals surface area contributed by atoms with E-state index in [0.717, 1.165) is 0 Å². The zero-order valence-electron chi connectivity index (χ0n) is 20.6. The van der Waals surface area contributed by atoms with Gasteiger partial charge in [-0.15, -0.1) is 0 Å². The van der Waals surface area contributed by atoms with Crippen molar-refractivity contribution in [3.8, 4) is 23.0 Å². The Bertz CT molecular complexity index is 1220. The van der Waals surface area contributed by atoms with E-state index in [1.807, 2.05) is 30.3 Å². The van der Waals surface area contributed by atoms with Gasteiger partial charge in [0.05, 0.1) is 33.3 Å². The van der Waals surface area contributed by atoms with Crippen LogP contribution in [0.2, 0.25) is 0 Å². The lowest BCUT2D eigenvalue weighted by Crippen LogP contribution is -2.61. The fraction of sp³-hybridized carbons (Fsp3) is 0.321. The Balaban J connectivity index is 2.06. The summed E-state index contributed by atoms with van der Waals surface area (Å²) in [5.74, 6) is -0.625. The predicted octanol–water partition coefficient (Wildman–Crippen LogP) is 3.61. The molecule has 3 N–H and O–H groups in total. The number of methoxy groups -OCH3 is 3. The number of phenols is 1. The molecular weight excluding hydrogens is 464 g/mol. The lowest BCUT2D eigenvalue weighted by atomic mass is 9.65. The second kappa shape index (κ2) is 9.72. The highest BCUT2D eigenvalue weighted by Crippen LogP contribution is 2.57. The number of aliphatic hydroxyl groups excluding tert-OH is 1. The Morgan fingerprint density at radius 3 is 2.28 bits per heavy atom. The van der Waals surface area contributed by atoms with Crippen molar-refractivity contribution in [3.05, 3.63) is 83.4 Å². The summed E-state index contributed by atoms with van der Waals surface area (Å²) in [7, 11) is 4.22. The highest BCUT2D eigenvalue weighted by molar-refractivity contribution is 5.71. The lowest BCUT2D eigenvalue weighted by Gasteiger charge is -2.52. The van der Waals surface area contributed by atoms with E-state index in [4.69, 9.17) is 18.9 Å². The Kier molecular flexibility index (Phi) is 6.84. The Morgan fingerprint density at radius 1 is 1.03 bits per heavy atom. The topological polar surface area (TPSA) is 115 Å². The molecule has 8 heteroatoms. The highest BCUT2D eigenvalue weighted by Gasteiger charge is 2.61. The molecule has 8 nitrogen and oxygen atoms in total. The zero-order chi connectivity index (χ0) is 26.1. The van der Waals surface area contributed by atoms with E-state index in [1.165, 1.54) is 40.4 Å². The number of fused-ring (bicyclic) bond motifs is 1. The van der Waals surface area contributed by atoms with Gasteiger partial charge in [0, 0.05) is 18.1 Å². The molecule has 3 aromatic carbocycles. The highest BCUT2D eigenvalue weighted by atomic mass is 16.5. The normalized spacial score (nSPS) is 23.7. The molecule has 36 heavy (non-hydrogen) atoms. The molecule has 1 aliphatic heterocycles. The molecule has 4 rings (SSSR count). The van der Waals surface area contributed by atoms with Crippen LogP contribution < -0.4 is 14.2 Å². The number of ether oxygens (including phenoxy) is 4. The van der Waals surface area contributed by atoms with Gasteiger partial charge in [-0.1, -0.05) is 42.5 Å². The van der Waals surface area contributed by atoms with Crippen molar-refractivity contribution in [1.29, 1.82) is 0 Å². The first-order valence-corrected chi connectivity index (χ1v) is 11.5. The van der Waals surface area contributed by atoms with Crippen molar-refractivity contribution in [1.82, 2.24) is 0 Å². The summed E-state index contributed by atoms with van der Waals surface area (Å²) in [6.45, 7) is 1.46. The van der Waals surface area contributed by atoms with E-state index in [1.54, 1.807) is 24.3 Å². The molecule has 0 spiro atoms. The van der Waals surface area contributed by atoms with Crippen LogP contribution in [-0.2, 0) is 20.7 Å².